The maximum Gasteiger partial charge on any atom is 0.238 e. The Hall–Kier alpha value is -2.27. The molecule has 3 aliphatic carbocycles. The third kappa shape index (κ3) is 1.90. The normalized spacial score (nSPS) is 29.8. The number of amides is 2. The van der Waals surface area contributed by atoms with Crippen molar-refractivity contribution in [2.24, 2.45) is 11.8 Å². The van der Waals surface area contributed by atoms with E-state index in [4.69, 9.17) is 0 Å². The highest BCUT2D eigenvalue weighted by molar-refractivity contribution is 9.10. The molecular formula is C20H14BrNO3. The van der Waals surface area contributed by atoms with Crippen LogP contribution < -0.4 is 4.90 Å². The van der Waals surface area contributed by atoms with E-state index in [9.17, 15) is 14.4 Å². The fraction of sp³-hybridized carbons (Fsp3) is 0.250. The number of halogens is 1. The fourth-order valence-electron chi connectivity index (χ4n) is 4.80. The molecule has 2 aromatic carbocycles. The van der Waals surface area contributed by atoms with Gasteiger partial charge in [-0.1, -0.05) is 40.2 Å². The van der Waals surface area contributed by atoms with E-state index in [1.165, 1.54) is 4.90 Å². The summed E-state index contributed by atoms with van der Waals surface area (Å²) in [4.78, 5) is 40.1. The van der Waals surface area contributed by atoms with Gasteiger partial charge in [-0.2, -0.15) is 0 Å². The van der Waals surface area contributed by atoms with E-state index in [1.807, 2.05) is 36.4 Å². The van der Waals surface area contributed by atoms with E-state index >= 15 is 0 Å². The maximum atomic E-state index is 13.1. The topological polar surface area (TPSA) is 54.5 Å². The van der Waals surface area contributed by atoms with Crippen LogP contribution in [0.4, 0.5) is 5.69 Å². The van der Waals surface area contributed by atoms with Gasteiger partial charge in [-0.25, -0.2) is 0 Å². The van der Waals surface area contributed by atoms with Crippen LogP contribution in [0, 0.1) is 11.8 Å². The lowest BCUT2D eigenvalue weighted by Gasteiger charge is -2.43. The van der Waals surface area contributed by atoms with E-state index in [2.05, 4.69) is 15.9 Å². The Kier molecular flexibility index (Phi) is 3.07. The van der Waals surface area contributed by atoms with E-state index in [-0.39, 0.29) is 23.5 Å². The summed E-state index contributed by atoms with van der Waals surface area (Å²) in [6.45, 7) is 0. The van der Waals surface area contributed by atoms with Gasteiger partial charge in [-0.15, -0.1) is 0 Å². The number of benzene rings is 2. The summed E-state index contributed by atoms with van der Waals surface area (Å²) in [5.74, 6) is -1.97. The Bertz CT molecular complexity index is 936. The average molecular weight is 396 g/mol. The number of imide groups is 1. The van der Waals surface area contributed by atoms with Crippen LogP contribution >= 0.6 is 15.9 Å². The Morgan fingerprint density at radius 3 is 2.20 bits per heavy atom. The highest BCUT2D eigenvalue weighted by Crippen LogP contribution is 2.57. The van der Waals surface area contributed by atoms with Gasteiger partial charge in [0.25, 0.3) is 0 Å². The first-order chi connectivity index (χ1) is 12.1. The smallest absolute Gasteiger partial charge is 0.238 e. The minimum Gasteiger partial charge on any atom is -0.299 e. The molecule has 25 heavy (non-hydrogen) atoms. The van der Waals surface area contributed by atoms with E-state index in [0.29, 0.717) is 12.1 Å². The quantitative estimate of drug-likeness (QED) is 0.695. The van der Waals surface area contributed by atoms with Gasteiger partial charge >= 0.3 is 0 Å². The number of hydrogen-bond acceptors (Lipinski definition) is 3. The van der Waals surface area contributed by atoms with Crippen LogP contribution in [-0.4, -0.2) is 17.6 Å². The number of hydrogen-bond donors (Lipinski definition) is 0. The van der Waals surface area contributed by atoms with Crippen molar-refractivity contribution in [2.45, 2.75) is 18.3 Å². The molecule has 0 spiro atoms. The number of carbonyl (C=O) groups excluding carboxylic acids is 3. The molecule has 1 saturated heterocycles. The largest absolute Gasteiger partial charge is 0.299 e. The third-order valence-electron chi connectivity index (χ3n) is 5.77. The molecule has 5 heteroatoms. The number of nitrogens with zero attached hydrogens (tertiary/aromatic N) is 1. The molecule has 124 valence electrons. The predicted octanol–water partition coefficient (Wildman–Crippen LogP) is 3.41. The lowest BCUT2D eigenvalue weighted by molar-refractivity contribution is -0.134. The van der Waals surface area contributed by atoms with E-state index < -0.39 is 17.8 Å². The molecule has 4 aliphatic rings. The molecule has 0 aromatic heterocycles. The van der Waals surface area contributed by atoms with Crippen LogP contribution in [0.2, 0.25) is 0 Å². The van der Waals surface area contributed by atoms with Crippen molar-refractivity contribution in [1.82, 2.24) is 0 Å². The minimum atomic E-state index is -0.558. The van der Waals surface area contributed by atoms with Crippen molar-refractivity contribution in [1.29, 1.82) is 0 Å². The van der Waals surface area contributed by atoms with Gasteiger partial charge in [-0.05, 0) is 35.4 Å². The Balaban J connectivity index is 1.65. The number of rotatable bonds is 1. The molecule has 4 nitrogen and oxygen atoms in total. The maximum absolute atomic E-state index is 13.1. The van der Waals surface area contributed by atoms with Crippen molar-refractivity contribution in [3.05, 3.63) is 64.1 Å². The molecule has 1 aliphatic heterocycles. The first-order valence-corrected chi connectivity index (χ1v) is 9.12. The lowest BCUT2D eigenvalue weighted by atomic mass is 9.56. The summed E-state index contributed by atoms with van der Waals surface area (Å²) in [6, 6.07) is 14.9. The van der Waals surface area contributed by atoms with Crippen LogP contribution in [0.3, 0.4) is 0 Å². The number of ketones is 1. The Morgan fingerprint density at radius 2 is 1.48 bits per heavy atom. The van der Waals surface area contributed by atoms with Crippen molar-refractivity contribution in [3.63, 3.8) is 0 Å². The molecule has 6 rings (SSSR count). The summed E-state index contributed by atoms with van der Waals surface area (Å²) in [5.41, 5.74) is 2.57. The van der Waals surface area contributed by atoms with Gasteiger partial charge in [0.15, 0.2) is 0 Å². The minimum absolute atomic E-state index is 0.0868. The number of anilines is 1. The molecule has 1 heterocycles. The van der Waals surface area contributed by atoms with Crippen molar-refractivity contribution in [2.75, 3.05) is 4.90 Å². The van der Waals surface area contributed by atoms with Gasteiger partial charge < -0.3 is 0 Å². The zero-order valence-corrected chi connectivity index (χ0v) is 14.8. The molecule has 0 N–H and O–H groups in total. The van der Waals surface area contributed by atoms with Gasteiger partial charge in [0.05, 0.1) is 23.4 Å². The fourth-order valence-corrected chi connectivity index (χ4v) is 5.07. The summed E-state index contributed by atoms with van der Waals surface area (Å²) in [7, 11) is 0. The molecular weight excluding hydrogens is 382 g/mol. The molecule has 2 amide bonds. The van der Waals surface area contributed by atoms with E-state index in [0.717, 1.165) is 15.6 Å². The van der Waals surface area contributed by atoms with Crippen molar-refractivity contribution in [3.8, 4) is 0 Å². The van der Waals surface area contributed by atoms with Gasteiger partial charge in [0.2, 0.25) is 11.8 Å². The predicted molar refractivity (Wildman–Crippen MR) is 95.2 cm³/mol. The van der Waals surface area contributed by atoms with Crippen LogP contribution in [0.15, 0.2) is 53.0 Å². The second kappa shape index (κ2) is 5.11. The van der Waals surface area contributed by atoms with Crippen LogP contribution in [-0.2, 0) is 14.4 Å². The summed E-state index contributed by atoms with van der Waals surface area (Å²) in [5, 5.41) is 0. The lowest BCUT2D eigenvalue weighted by Crippen LogP contribution is -2.44. The monoisotopic (exact) mass is 395 g/mol. The zero-order chi connectivity index (χ0) is 17.3. The SMILES string of the molecule is O=C1C[C@@H]2c3ccccc3[C@H]1[C@H]1C(=O)N(c3ccc(Br)cc3)C(=O)[C@@H]12. The molecule has 0 unspecified atom stereocenters. The molecule has 2 aromatic rings. The Morgan fingerprint density at radius 1 is 0.840 bits per heavy atom. The summed E-state index contributed by atoms with van der Waals surface area (Å²) >= 11 is 3.37. The average Bonchev–Trinajstić information content (AvgIpc) is 2.88. The van der Waals surface area contributed by atoms with Crippen molar-refractivity contribution >= 4 is 39.2 Å². The number of fused-ring (bicyclic) bond motifs is 1. The van der Waals surface area contributed by atoms with Gasteiger partial charge in [0, 0.05) is 16.8 Å². The second-order valence-corrected chi connectivity index (χ2v) is 7.84. The molecule has 2 bridgehead atoms. The first-order valence-electron chi connectivity index (χ1n) is 8.33. The van der Waals surface area contributed by atoms with Crippen LogP contribution in [0.25, 0.3) is 0 Å². The highest BCUT2D eigenvalue weighted by atomic mass is 79.9. The number of Topliss-reactive ketones (excluding diaryl/α,β-unsaturated/α-hetero) is 1. The zero-order valence-electron chi connectivity index (χ0n) is 13.2. The molecule has 2 fully saturated rings. The second-order valence-electron chi connectivity index (χ2n) is 6.92. The molecule has 1 saturated carbocycles. The summed E-state index contributed by atoms with van der Waals surface area (Å²) in [6.07, 6.45) is 0.357. The summed E-state index contributed by atoms with van der Waals surface area (Å²) < 4.78 is 0.885. The number of carbonyl (C=O) groups is 3. The standard InChI is InChI=1S/C20H14BrNO3/c21-10-5-7-11(8-6-10)22-19(24)17-14-9-15(23)16(18(17)20(22)25)13-4-2-1-3-12(13)14/h1-8,14,16-18H,9H2/t14-,16-,17-,18-/m1/s1. The Labute approximate surface area is 153 Å². The van der Waals surface area contributed by atoms with Gasteiger partial charge in [-0.3, -0.25) is 19.3 Å². The van der Waals surface area contributed by atoms with Gasteiger partial charge in [0.1, 0.15) is 5.78 Å². The van der Waals surface area contributed by atoms with E-state index in [1.54, 1.807) is 12.1 Å². The molecule has 4 atom stereocenters. The van der Waals surface area contributed by atoms with Crippen molar-refractivity contribution < 1.29 is 14.4 Å². The molecule has 0 radical (unpaired) electrons. The third-order valence-corrected chi connectivity index (χ3v) is 6.30. The first kappa shape index (κ1) is 15.0. The van der Waals surface area contributed by atoms with Crippen LogP contribution in [0.1, 0.15) is 29.4 Å². The highest BCUT2D eigenvalue weighted by Gasteiger charge is 2.62. The van der Waals surface area contributed by atoms with Crippen LogP contribution in [0.5, 0.6) is 0 Å².